The summed E-state index contributed by atoms with van der Waals surface area (Å²) in [7, 11) is 0. The first-order valence-corrected chi connectivity index (χ1v) is 7.47. The number of rotatable bonds is 3. The maximum atomic E-state index is 13.4. The van der Waals surface area contributed by atoms with Crippen molar-refractivity contribution in [2.75, 3.05) is 5.32 Å². The molecule has 0 amide bonds. The van der Waals surface area contributed by atoms with Crippen molar-refractivity contribution >= 4 is 34.2 Å². The van der Waals surface area contributed by atoms with Gasteiger partial charge in [-0.25, -0.2) is 9.37 Å². The molecule has 118 valence electrons. The van der Waals surface area contributed by atoms with Gasteiger partial charge in [0.25, 0.3) is 5.71 Å². The fraction of sp³-hybridized carbons (Fsp3) is 0. The molecule has 0 spiro atoms. The summed E-state index contributed by atoms with van der Waals surface area (Å²) >= 11 is 5.93. The summed E-state index contributed by atoms with van der Waals surface area (Å²) in [6.07, 6.45) is 1.36. The van der Waals surface area contributed by atoms with Gasteiger partial charge in [0.05, 0.1) is 0 Å². The highest BCUT2D eigenvalue weighted by Crippen LogP contribution is 2.33. The third-order valence-electron chi connectivity index (χ3n) is 3.48. The fourth-order valence-electron chi connectivity index (χ4n) is 2.39. The van der Waals surface area contributed by atoms with Crippen LogP contribution in [-0.4, -0.2) is 15.1 Å². The summed E-state index contributed by atoms with van der Waals surface area (Å²) in [5, 5.41) is 8.40. The maximum Gasteiger partial charge on any atom is 0.263 e. The highest BCUT2D eigenvalue weighted by molar-refractivity contribution is 6.30. The number of hydrogen-bond acceptors (Lipinski definition) is 5. The Kier molecular flexibility index (Phi) is 3.59. The van der Waals surface area contributed by atoms with Crippen LogP contribution in [0.4, 0.5) is 15.9 Å². The second kappa shape index (κ2) is 5.90. The van der Waals surface area contributed by atoms with Gasteiger partial charge in [-0.2, -0.15) is 4.98 Å². The van der Waals surface area contributed by atoms with Gasteiger partial charge in [0.1, 0.15) is 29.0 Å². The van der Waals surface area contributed by atoms with Crippen molar-refractivity contribution < 1.29 is 8.91 Å². The third-order valence-corrected chi connectivity index (χ3v) is 3.73. The molecule has 5 nitrogen and oxygen atoms in total. The molecule has 0 aliphatic rings. The van der Waals surface area contributed by atoms with Gasteiger partial charge in [-0.3, -0.25) is 0 Å². The first-order chi connectivity index (χ1) is 11.7. The Balaban J connectivity index is 1.84. The number of nitrogens with one attached hydrogen (secondary N) is 1. The van der Waals surface area contributed by atoms with Crippen LogP contribution in [0.3, 0.4) is 0 Å². The van der Waals surface area contributed by atoms with Gasteiger partial charge in [0.15, 0.2) is 0 Å². The first kappa shape index (κ1) is 14.6. The van der Waals surface area contributed by atoms with Crippen molar-refractivity contribution in [3.05, 3.63) is 65.7 Å². The van der Waals surface area contributed by atoms with Crippen LogP contribution in [0.2, 0.25) is 5.02 Å². The largest absolute Gasteiger partial charge is 0.339 e. The van der Waals surface area contributed by atoms with E-state index < -0.39 is 0 Å². The van der Waals surface area contributed by atoms with Crippen LogP contribution in [0.1, 0.15) is 0 Å². The van der Waals surface area contributed by atoms with Crippen molar-refractivity contribution in [1.82, 2.24) is 15.1 Å². The Morgan fingerprint density at radius 1 is 1.04 bits per heavy atom. The standard InChI is InChI=1S/C17H10ClFN4O/c18-11-6-4-10(5-7-11)15-14-16(20-9-21-17(14)24-23-15)22-13-3-1-2-12(19)8-13/h1-9H,(H,20,21,22). The summed E-state index contributed by atoms with van der Waals surface area (Å²) in [6.45, 7) is 0. The van der Waals surface area contributed by atoms with Crippen LogP contribution in [0, 0.1) is 5.82 Å². The number of nitrogens with zero attached hydrogens (tertiary/aromatic N) is 3. The van der Waals surface area contributed by atoms with Crippen molar-refractivity contribution in [3.63, 3.8) is 0 Å². The van der Waals surface area contributed by atoms with E-state index in [1.807, 2.05) is 12.1 Å². The molecule has 0 atom stereocenters. The molecule has 1 N–H and O–H groups in total. The van der Waals surface area contributed by atoms with Crippen LogP contribution in [-0.2, 0) is 0 Å². The lowest BCUT2D eigenvalue weighted by atomic mass is 10.1. The summed E-state index contributed by atoms with van der Waals surface area (Å²) in [5.74, 6) is 0.144. The number of fused-ring (bicyclic) bond motifs is 1. The average Bonchev–Trinajstić information content (AvgIpc) is 3.01. The summed E-state index contributed by atoms with van der Waals surface area (Å²) < 4.78 is 18.7. The highest BCUT2D eigenvalue weighted by atomic mass is 35.5. The zero-order valence-electron chi connectivity index (χ0n) is 12.2. The molecule has 0 bridgehead atoms. The number of benzene rings is 2. The van der Waals surface area contributed by atoms with Gasteiger partial charge in [-0.05, 0) is 30.3 Å². The van der Waals surface area contributed by atoms with Gasteiger partial charge >= 0.3 is 0 Å². The molecule has 24 heavy (non-hydrogen) atoms. The zero-order valence-corrected chi connectivity index (χ0v) is 13.0. The SMILES string of the molecule is Fc1cccc(Nc2ncnc3onc(-c4ccc(Cl)cc4)c23)c1. The fourth-order valence-corrected chi connectivity index (χ4v) is 2.52. The minimum atomic E-state index is -0.339. The van der Waals surface area contributed by atoms with Crippen LogP contribution in [0.15, 0.2) is 59.4 Å². The second-order valence-electron chi connectivity index (χ2n) is 5.08. The molecule has 0 fully saturated rings. The predicted molar refractivity (Wildman–Crippen MR) is 89.7 cm³/mol. The van der Waals surface area contributed by atoms with Crippen LogP contribution < -0.4 is 5.32 Å². The number of anilines is 2. The number of aromatic nitrogens is 3. The molecular formula is C17H10ClFN4O. The van der Waals surface area contributed by atoms with E-state index in [1.54, 1.807) is 24.3 Å². The monoisotopic (exact) mass is 340 g/mol. The van der Waals surface area contributed by atoms with E-state index >= 15 is 0 Å². The lowest BCUT2D eigenvalue weighted by Gasteiger charge is -2.06. The highest BCUT2D eigenvalue weighted by Gasteiger charge is 2.17. The zero-order chi connectivity index (χ0) is 16.5. The van der Waals surface area contributed by atoms with Gasteiger partial charge < -0.3 is 9.84 Å². The molecule has 2 aromatic heterocycles. The minimum absolute atomic E-state index is 0.339. The molecule has 4 aromatic rings. The average molecular weight is 341 g/mol. The van der Waals surface area contributed by atoms with Crippen molar-refractivity contribution in [2.24, 2.45) is 0 Å². The van der Waals surface area contributed by atoms with E-state index in [1.165, 1.54) is 18.5 Å². The Bertz CT molecular complexity index is 1020. The molecule has 0 aliphatic heterocycles. The van der Waals surface area contributed by atoms with E-state index in [-0.39, 0.29) is 5.82 Å². The summed E-state index contributed by atoms with van der Waals surface area (Å²) in [5.41, 5.74) is 2.31. The Labute approximate surface area is 141 Å². The van der Waals surface area contributed by atoms with Gasteiger partial charge in [0, 0.05) is 16.3 Å². The van der Waals surface area contributed by atoms with Crippen LogP contribution in [0.5, 0.6) is 0 Å². The predicted octanol–water partition coefficient (Wildman–Crippen LogP) is 4.82. The normalized spacial score (nSPS) is 10.9. The minimum Gasteiger partial charge on any atom is -0.339 e. The van der Waals surface area contributed by atoms with E-state index in [4.69, 9.17) is 16.1 Å². The summed E-state index contributed by atoms with van der Waals surface area (Å²) in [4.78, 5) is 8.32. The quantitative estimate of drug-likeness (QED) is 0.579. The molecular weight excluding hydrogens is 331 g/mol. The van der Waals surface area contributed by atoms with Crippen molar-refractivity contribution in [3.8, 4) is 11.3 Å². The van der Waals surface area contributed by atoms with Gasteiger partial charge in [-0.15, -0.1) is 0 Å². The Morgan fingerprint density at radius 2 is 1.88 bits per heavy atom. The van der Waals surface area contributed by atoms with E-state index in [2.05, 4.69) is 20.4 Å². The van der Waals surface area contributed by atoms with E-state index in [0.717, 1.165) is 5.56 Å². The Hall–Kier alpha value is -2.99. The summed E-state index contributed by atoms with van der Waals surface area (Å²) in [6, 6.07) is 13.3. The molecule has 0 radical (unpaired) electrons. The smallest absolute Gasteiger partial charge is 0.263 e. The van der Waals surface area contributed by atoms with Crippen molar-refractivity contribution in [1.29, 1.82) is 0 Å². The van der Waals surface area contributed by atoms with E-state index in [0.29, 0.717) is 33.3 Å². The van der Waals surface area contributed by atoms with Gasteiger partial charge in [0.2, 0.25) is 0 Å². The lowest BCUT2D eigenvalue weighted by Crippen LogP contribution is -1.96. The number of hydrogen-bond donors (Lipinski definition) is 1. The van der Waals surface area contributed by atoms with Gasteiger partial charge in [-0.1, -0.05) is 35.0 Å². The topological polar surface area (TPSA) is 63.8 Å². The molecule has 7 heteroatoms. The van der Waals surface area contributed by atoms with E-state index in [9.17, 15) is 4.39 Å². The molecule has 0 saturated carbocycles. The van der Waals surface area contributed by atoms with Crippen LogP contribution >= 0.6 is 11.6 Å². The lowest BCUT2D eigenvalue weighted by molar-refractivity contribution is 0.451. The molecule has 0 aliphatic carbocycles. The Morgan fingerprint density at radius 3 is 2.67 bits per heavy atom. The molecule has 4 rings (SSSR count). The molecule has 0 unspecified atom stereocenters. The van der Waals surface area contributed by atoms with Crippen LogP contribution in [0.25, 0.3) is 22.4 Å². The molecule has 0 saturated heterocycles. The maximum absolute atomic E-state index is 13.4. The second-order valence-corrected chi connectivity index (χ2v) is 5.51. The first-order valence-electron chi connectivity index (χ1n) is 7.09. The molecule has 2 aromatic carbocycles. The third kappa shape index (κ3) is 2.68. The van der Waals surface area contributed by atoms with Crippen molar-refractivity contribution in [2.45, 2.75) is 0 Å². The molecule has 2 heterocycles. The number of halogens is 2.